The summed E-state index contributed by atoms with van der Waals surface area (Å²) in [5.74, 6) is 1.04. The molecule has 0 aliphatic carbocycles. The van der Waals surface area contributed by atoms with E-state index in [0.717, 1.165) is 31.8 Å². The van der Waals surface area contributed by atoms with Crippen LogP contribution < -0.4 is 0 Å². The molecule has 1 unspecified atom stereocenters. The van der Waals surface area contributed by atoms with E-state index in [2.05, 4.69) is 41.6 Å². The average molecular weight is 370 g/mol. The number of ether oxygens (including phenoxy) is 1. The van der Waals surface area contributed by atoms with Crippen molar-refractivity contribution in [3.8, 4) is 0 Å². The molecule has 1 aromatic carbocycles. The third-order valence-corrected chi connectivity index (χ3v) is 5.23. The predicted molar refractivity (Wildman–Crippen MR) is 106 cm³/mol. The minimum absolute atomic E-state index is 0.0335. The molecular formula is C22H31N3O2. The van der Waals surface area contributed by atoms with Crippen molar-refractivity contribution in [3.05, 3.63) is 53.1 Å². The Labute approximate surface area is 162 Å². The van der Waals surface area contributed by atoms with Crippen LogP contribution >= 0.6 is 0 Å². The highest BCUT2D eigenvalue weighted by Crippen LogP contribution is 2.18. The van der Waals surface area contributed by atoms with Crippen LogP contribution in [0.2, 0.25) is 0 Å². The number of hydrogen-bond donors (Lipinski definition) is 0. The molecule has 0 bridgehead atoms. The second-order valence-corrected chi connectivity index (χ2v) is 7.91. The molecule has 1 aliphatic heterocycles. The molecule has 3 rings (SSSR count). The molecule has 1 saturated heterocycles. The van der Waals surface area contributed by atoms with Crippen molar-refractivity contribution in [3.63, 3.8) is 0 Å². The first kappa shape index (κ1) is 19.6. The van der Waals surface area contributed by atoms with Gasteiger partial charge in [-0.2, -0.15) is 0 Å². The number of imidazole rings is 1. The van der Waals surface area contributed by atoms with E-state index in [1.165, 1.54) is 16.7 Å². The topological polar surface area (TPSA) is 47.4 Å². The minimum atomic E-state index is -0.0335. The van der Waals surface area contributed by atoms with Crippen molar-refractivity contribution in [2.45, 2.75) is 59.7 Å². The smallest absolute Gasteiger partial charge is 0.225 e. The van der Waals surface area contributed by atoms with Gasteiger partial charge in [0, 0.05) is 38.0 Å². The Morgan fingerprint density at radius 1 is 1.37 bits per heavy atom. The predicted octanol–water partition coefficient (Wildman–Crippen LogP) is 3.71. The first-order chi connectivity index (χ1) is 12.9. The Hall–Kier alpha value is -2.14. The number of amides is 1. The number of carbonyl (C=O) groups is 1. The molecule has 0 N–H and O–H groups in total. The summed E-state index contributed by atoms with van der Waals surface area (Å²) in [5.41, 5.74) is 3.82. The van der Waals surface area contributed by atoms with E-state index in [1.807, 2.05) is 31.1 Å². The van der Waals surface area contributed by atoms with E-state index < -0.39 is 0 Å². The van der Waals surface area contributed by atoms with Crippen LogP contribution in [0.1, 0.15) is 49.2 Å². The molecule has 1 aliphatic rings. The molecule has 5 heteroatoms. The lowest BCUT2D eigenvalue weighted by Gasteiger charge is -2.27. The zero-order valence-electron chi connectivity index (χ0n) is 16.9. The Morgan fingerprint density at radius 2 is 2.19 bits per heavy atom. The number of nitrogens with zero attached hydrogens (tertiary/aromatic N) is 3. The molecule has 0 radical (unpaired) electrons. The standard InChI is InChI=1S/C22H31N3O2/c1-16(2)22(26)25(14-20-6-5-11-27-20)15-21-23-9-10-24(21)13-19-12-17(3)7-8-18(19)4/h7-10,12,16,20H,5-6,11,13-15H2,1-4H3. The Kier molecular flexibility index (Phi) is 6.32. The summed E-state index contributed by atoms with van der Waals surface area (Å²) in [7, 11) is 0. The van der Waals surface area contributed by atoms with Crippen molar-refractivity contribution < 1.29 is 9.53 Å². The SMILES string of the molecule is Cc1ccc(C)c(Cn2ccnc2CN(CC2CCCO2)C(=O)C(C)C)c1. The Morgan fingerprint density at radius 3 is 2.89 bits per heavy atom. The zero-order chi connectivity index (χ0) is 19.4. The largest absolute Gasteiger partial charge is 0.376 e. The minimum Gasteiger partial charge on any atom is -0.376 e. The van der Waals surface area contributed by atoms with Gasteiger partial charge in [-0.3, -0.25) is 4.79 Å². The lowest BCUT2D eigenvalue weighted by molar-refractivity contribution is -0.136. The Bertz CT molecular complexity index is 776. The highest BCUT2D eigenvalue weighted by molar-refractivity contribution is 5.78. The number of rotatable bonds is 7. The van der Waals surface area contributed by atoms with Crippen molar-refractivity contribution in [2.75, 3.05) is 13.2 Å². The van der Waals surface area contributed by atoms with Gasteiger partial charge in [-0.25, -0.2) is 4.98 Å². The summed E-state index contributed by atoms with van der Waals surface area (Å²) >= 11 is 0. The van der Waals surface area contributed by atoms with E-state index in [0.29, 0.717) is 13.1 Å². The summed E-state index contributed by atoms with van der Waals surface area (Å²) in [6.45, 7) is 10.9. The van der Waals surface area contributed by atoms with Gasteiger partial charge < -0.3 is 14.2 Å². The molecule has 1 atom stereocenters. The van der Waals surface area contributed by atoms with Gasteiger partial charge >= 0.3 is 0 Å². The number of carbonyl (C=O) groups excluding carboxylic acids is 1. The maximum absolute atomic E-state index is 12.8. The van der Waals surface area contributed by atoms with Crippen LogP contribution in [0.25, 0.3) is 0 Å². The van der Waals surface area contributed by atoms with Gasteiger partial charge in [0.05, 0.1) is 12.6 Å². The highest BCUT2D eigenvalue weighted by atomic mass is 16.5. The second-order valence-electron chi connectivity index (χ2n) is 7.91. The van der Waals surface area contributed by atoms with E-state index in [4.69, 9.17) is 4.74 Å². The van der Waals surface area contributed by atoms with Crippen LogP contribution in [0.3, 0.4) is 0 Å². The number of aryl methyl sites for hydroxylation is 2. The molecule has 27 heavy (non-hydrogen) atoms. The van der Waals surface area contributed by atoms with Gasteiger partial charge in [0.15, 0.2) is 0 Å². The zero-order valence-corrected chi connectivity index (χ0v) is 16.9. The number of benzene rings is 1. The van der Waals surface area contributed by atoms with Crippen LogP contribution in [0, 0.1) is 19.8 Å². The first-order valence-electron chi connectivity index (χ1n) is 9.90. The maximum atomic E-state index is 12.8. The lowest BCUT2D eigenvalue weighted by Crippen LogP contribution is -2.39. The third kappa shape index (κ3) is 4.98. The molecule has 5 nitrogen and oxygen atoms in total. The van der Waals surface area contributed by atoms with Gasteiger partial charge in [-0.15, -0.1) is 0 Å². The Balaban J connectivity index is 1.77. The fourth-order valence-corrected chi connectivity index (χ4v) is 3.59. The van der Waals surface area contributed by atoms with Crippen LogP contribution in [0.4, 0.5) is 0 Å². The summed E-state index contributed by atoms with van der Waals surface area (Å²) < 4.78 is 7.92. The summed E-state index contributed by atoms with van der Waals surface area (Å²) in [6, 6.07) is 6.52. The van der Waals surface area contributed by atoms with Gasteiger partial charge in [0.1, 0.15) is 5.82 Å². The number of aromatic nitrogens is 2. The summed E-state index contributed by atoms with van der Waals surface area (Å²) in [5, 5.41) is 0. The van der Waals surface area contributed by atoms with E-state index >= 15 is 0 Å². The van der Waals surface area contributed by atoms with Crippen molar-refractivity contribution in [1.29, 1.82) is 0 Å². The molecule has 146 valence electrons. The van der Waals surface area contributed by atoms with Gasteiger partial charge in [0.2, 0.25) is 5.91 Å². The fraction of sp³-hybridized carbons (Fsp3) is 0.545. The molecule has 1 fully saturated rings. The second kappa shape index (κ2) is 8.70. The monoisotopic (exact) mass is 369 g/mol. The summed E-state index contributed by atoms with van der Waals surface area (Å²) in [4.78, 5) is 19.2. The van der Waals surface area contributed by atoms with Crippen LogP contribution in [0.5, 0.6) is 0 Å². The van der Waals surface area contributed by atoms with Crippen molar-refractivity contribution in [1.82, 2.24) is 14.5 Å². The third-order valence-electron chi connectivity index (χ3n) is 5.23. The van der Waals surface area contributed by atoms with E-state index in [1.54, 1.807) is 0 Å². The van der Waals surface area contributed by atoms with Gasteiger partial charge in [-0.1, -0.05) is 37.6 Å². The maximum Gasteiger partial charge on any atom is 0.225 e. The van der Waals surface area contributed by atoms with Gasteiger partial charge in [0.25, 0.3) is 0 Å². The van der Waals surface area contributed by atoms with E-state index in [9.17, 15) is 4.79 Å². The van der Waals surface area contributed by atoms with Crippen molar-refractivity contribution >= 4 is 5.91 Å². The first-order valence-corrected chi connectivity index (χ1v) is 9.90. The number of hydrogen-bond acceptors (Lipinski definition) is 3. The molecule has 1 aromatic heterocycles. The molecule has 0 saturated carbocycles. The fourth-order valence-electron chi connectivity index (χ4n) is 3.59. The van der Waals surface area contributed by atoms with Crippen LogP contribution in [-0.2, 0) is 22.6 Å². The molecule has 2 aromatic rings. The normalized spacial score (nSPS) is 16.9. The van der Waals surface area contributed by atoms with Gasteiger partial charge in [-0.05, 0) is 37.8 Å². The molecule has 2 heterocycles. The van der Waals surface area contributed by atoms with Crippen molar-refractivity contribution in [2.24, 2.45) is 5.92 Å². The molecule has 1 amide bonds. The highest BCUT2D eigenvalue weighted by Gasteiger charge is 2.25. The quantitative estimate of drug-likeness (QED) is 0.747. The molecular weight excluding hydrogens is 338 g/mol. The van der Waals surface area contributed by atoms with Crippen LogP contribution in [-0.4, -0.2) is 39.6 Å². The molecule has 0 spiro atoms. The van der Waals surface area contributed by atoms with E-state index in [-0.39, 0.29) is 17.9 Å². The van der Waals surface area contributed by atoms with Crippen LogP contribution in [0.15, 0.2) is 30.6 Å². The average Bonchev–Trinajstić information content (AvgIpc) is 3.29. The lowest BCUT2D eigenvalue weighted by atomic mass is 10.1. The summed E-state index contributed by atoms with van der Waals surface area (Å²) in [6.07, 6.45) is 6.08.